The second kappa shape index (κ2) is 7.41. The number of halogens is 1. The summed E-state index contributed by atoms with van der Waals surface area (Å²) in [5.74, 6) is 0.935. The van der Waals surface area contributed by atoms with Gasteiger partial charge in [-0.2, -0.15) is 0 Å². The molecule has 2 N–H and O–H groups in total. The molecule has 6 nitrogen and oxygen atoms in total. The molecular weight excluding hydrogens is 354 g/mol. The van der Waals surface area contributed by atoms with Crippen LogP contribution in [0.25, 0.3) is 11.3 Å². The normalized spacial score (nSPS) is 10.4. The lowest BCUT2D eigenvalue weighted by atomic mass is 10.0. The Hall–Kier alpha value is -3.12. The summed E-state index contributed by atoms with van der Waals surface area (Å²) in [5.41, 5.74) is 8.17. The Morgan fingerprint density at radius 2 is 1.92 bits per heavy atom. The highest BCUT2D eigenvalue weighted by atomic mass is 35.5. The van der Waals surface area contributed by atoms with Crippen molar-refractivity contribution in [1.29, 1.82) is 0 Å². The SMILES string of the molecule is COc1ncc(Oc2ccnc(-c3ccc(C(N)=O)c(C)c3)c2)cc1Cl. The second-order valence-electron chi connectivity index (χ2n) is 5.53. The third-order valence-corrected chi connectivity index (χ3v) is 4.00. The molecule has 3 aromatic rings. The van der Waals surface area contributed by atoms with Gasteiger partial charge in [-0.05, 0) is 30.7 Å². The Morgan fingerprint density at radius 1 is 1.12 bits per heavy atom. The molecule has 0 atom stereocenters. The number of hydrogen-bond acceptors (Lipinski definition) is 5. The number of aromatic nitrogens is 2. The van der Waals surface area contributed by atoms with Crippen LogP contribution >= 0.6 is 11.6 Å². The fourth-order valence-electron chi connectivity index (χ4n) is 2.48. The molecule has 2 aromatic heterocycles. The van der Waals surface area contributed by atoms with Crippen LogP contribution in [0.15, 0.2) is 48.8 Å². The Labute approximate surface area is 155 Å². The molecule has 132 valence electrons. The number of nitrogens with two attached hydrogens (primary N) is 1. The van der Waals surface area contributed by atoms with Crippen molar-refractivity contribution in [2.45, 2.75) is 6.92 Å². The van der Waals surface area contributed by atoms with Gasteiger partial charge in [0.25, 0.3) is 0 Å². The summed E-state index contributed by atoms with van der Waals surface area (Å²) < 4.78 is 10.8. The number of aryl methyl sites for hydroxylation is 1. The van der Waals surface area contributed by atoms with E-state index in [1.54, 1.807) is 36.5 Å². The van der Waals surface area contributed by atoms with Crippen LogP contribution in [0.2, 0.25) is 5.02 Å². The van der Waals surface area contributed by atoms with E-state index in [9.17, 15) is 4.79 Å². The van der Waals surface area contributed by atoms with E-state index in [4.69, 9.17) is 26.8 Å². The van der Waals surface area contributed by atoms with Gasteiger partial charge < -0.3 is 15.2 Å². The number of ether oxygens (including phenoxy) is 2. The molecule has 7 heteroatoms. The molecule has 0 bridgehead atoms. The first-order chi connectivity index (χ1) is 12.5. The maximum atomic E-state index is 11.4. The van der Waals surface area contributed by atoms with Crippen molar-refractivity contribution < 1.29 is 14.3 Å². The number of hydrogen-bond donors (Lipinski definition) is 1. The average Bonchev–Trinajstić information content (AvgIpc) is 2.62. The number of nitrogens with zero attached hydrogens (tertiary/aromatic N) is 2. The zero-order valence-electron chi connectivity index (χ0n) is 14.2. The molecule has 2 heterocycles. The quantitative estimate of drug-likeness (QED) is 0.734. The first-order valence-corrected chi connectivity index (χ1v) is 8.10. The van der Waals surface area contributed by atoms with Crippen molar-refractivity contribution in [3.8, 4) is 28.6 Å². The fourth-order valence-corrected chi connectivity index (χ4v) is 2.72. The van der Waals surface area contributed by atoms with Crippen LogP contribution in [0.1, 0.15) is 15.9 Å². The molecule has 1 aromatic carbocycles. The first-order valence-electron chi connectivity index (χ1n) is 7.72. The van der Waals surface area contributed by atoms with Gasteiger partial charge in [0.15, 0.2) is 0 Å². The van der Waals surface area contributed by atoms with Gasteiger partial charge >= 0.3 is 0 Å². The topological polar surface area (TPSA) is 87.3 Å². The molecule has 3 rings (SSSR count). The van der Waals surface area contributed by atoms with Crippen molar-refractivity contribution in [2.24, 2.45) is 5.73 Å². The van der Waals surface area contributed by atoms with Crippen LogP contribution in [-0.4, -0.2) is 23.0 Å². The third-order valence-electron chi connectivity index (χ3n) is 3.73. The van der Waals surface area contributed by atoms with Gasteiger partial charge in [-0.15, -0.1) is 0 Å². The van der Waals surface area contributed by atoms with Gasteiger partial charge in [-0.25, -0.2) is 4.98 Å². The number of carbonyl (C=O) groups is 1. The van der Waals surface area contributed by atoms with Crippen LogP contribution in [0.4, 0.5) is 0 Å². The molecule has 1 amide bonds. The minimum Gasteiger partial charge on any atom is -0.480 e. The maximum Gasteiger partial charge on any atom is 0.248 e. The lowest BCUT2D eigenvalue weighted by Gasteiger charge is -2.09. The Balaban J connectivity index is 1.88. The zero-order chi connectivity index (χ0) is 18.7. The lowest BCUT2D eigenvalue weighted by molar-refractivity contribution is 0.0999. The Kier molecular flexibility index (Phi) is 5.04. The molecule has 0 saturated carbocycles. The third kappa shape index (κ3) is 3.75. The van der Waals surface area contributed by atoms with Crippen LogP contribution in [0.5, 0.6) is 17.4 Å². The Bertz CT molecular complexity index is 976. The molecule has 0 fully saturated rings. The van der Waals surface area contributed by atoms with Crippen molar-refractivity contribution in [3.05, 3.63) is 64.9 Å². The van der Waals surface area contributed by atoms with Crippen LogP contribution in [-0.2, 0) is 0 Å². The van der Waals surface area contributed by atoms with Gasteiger partial charge in [0.2, 0.25) is 11.8 Å². The summed E-state index contributed by atoms with van der Waals surface area (Å²) in [6, 6.07) is 10.5. The molecular formula is C19H16ClN3O3. The van der Waals surface area contributed by atoms with Gasteiger partial charge in [0, 0.05) is 29.5 Å². The number of pyridine rings is 2. The highest BCUT2D eigenvalue weighted by Gasteiger charge is 2.09. The highest BCUT2D eigenvalue weighted by Crippen LogP contribution is 2.30. The van der Waals surface area contributed by atoms with Crippen molar-refractivity contribution >= 4 is 17.5 Å². The predicted octanol–water partition coefficient (Wildman–Crippen LogP) is 4.01. The molecule has 0 spiro atoms. The van der Waals surface area contributed by atoms with Crippen LogP contribution in [0, 0.1) is 6.92 Å². The number of amides is 1. The summed E-state index contributed by atoms with van der Waals surface area (Å²) in [4.78, 5) is 19.8. The summed E-state index contributed by atoms with van der Waals surface area (Å²) in [7, 11) is 1.50. The summed E-state index contributed by atoms with van der Waals surface area (Å²) in [5, 5.41) is 0.358. The first kappa shape index (κ1) is 17.7. The largest absolute Gasteiger partial charge is 0.480 e. The van der Waals surface area contributed by atoms with E-state index in [-0.39, 0.29) is 0 Å². The monoisotopic (exact) mass is 369 g/mol. The van der Waals surface area contributed by atoms with Gasteiger partial charge in [-0.3, -0.25) is 9.78 Å². The average molecular weight is 370 g/mol. The van der Waals surface area contributed by atoms with Crippen molar-refractivity contribution in [1.82, 2.24) is 9.97 Å². The molecule has 0 aliphatic carbocycles. The van der Waals surface area contributed by atoms with Crippen molar-refractivity contribution in [3.63, 3.8) is 0 Å². The minimum absolute atomic E-state index is 0.333. The van der Waals surface area contributed by atoms with E-state index in [0.29, 0.717) is 33.7 Å². The van der Waals surface area contributed by atoms with E-state index in [0.717, 1.165) is 11.1 Å². The second-order valence-corrected chi connectivity index (χ2v) is 5.94. The van der Waals surface area contributed by atoms with E-state index in [1.807, 2.05) is 13.0 Å². The minimum atomic E-state index is -0.456. The number of methoxy groups -OCH3 is 1. The number of primary amides is 1. The zero-order valence-corrected chi connectivity index (χ0v) is 14.9. The van der Waals surface area contributed by atoms with Crippen LogP contribution < -0.4 is 15.2 Å². The highest BCUT2D eigenvalue weighted by molar-refractivity contribution is 6.31. The molecule has 26 heavy (non-hydrogen) atoms. The van der Waals surface area contributed by atoms with Crippen LogP contribution in [0.3, 0.4) is 0 Å². The van der Waals surface area contributed by atoms with E-state index in [2.05, 4.69) is 9.97 Å². The fraction of sp³-hybridized carbons (Fsp3) is 0.105. The smallest absolute Gasteiger partial charge is 0.248 e. The maximum absolute atomic E-state index is 11.4. The van der Waals surface area contributed by atoms with Crippen molar-refractivity contribution in [2.75, 3.05) is 7.11 Å². The molecule has 0 saturated heterocycles. The predicted molar refractivity (Wildman–Crippen MR) is 98.8 cm³/mol. The molecule has 0 aliphatic rings. The van der Waals surface area contributed by atoms with E-state index in [1.165, 1.54) is 13.3 Å². The Morgan fingerprint density at radius 3 is 2.58 bits per heavy atom. The summed E-state index contributed by atoms with van der Waals surface area (Å²) in [6.07, 6.45) is 3.16. The molecule has 0 aliphatic heterocycles. The molecule has 0 unspecified atom stereocenters. The lowest BCUT2D eigenvalue weighted by Crippen LogP contribution is -2.12. The van der Waals surface area contributed by atoms with E-state index >= 15 is 0 Å². The van der Waals surface area contributed by atoms with E-state index < -0.39 is 5.91 Å². The van der Waals surface area contributed by atoms with Gasteiger partial charge in [0.1, 0.15) is 16.5 Å². The summed E-state index contributed by atoms with van der Waals surface area (Å²) in [6.45, 7) is 1.83. The standard InChI is InChI=1S/C19H16ClN3O3/c1-11-7-12(3-4-15(11)18(21)24)17-9-13(5-6-22-17)26-14-8-16(20)19(25-2)23-10-14/h3-10H,1-2H3,(H2,21,24). The molecule has 0 radical (unpaired) electrons. The summed E-state index contributed by atoms with van der Waals surface area (Å²) >= 11 is 6.06. The van der Waals surface area contributed by atoms with Gasteiger partial charge in [0.05, 0.1) is 19.0 Å². The number of benzene rings is 1. The van der Waals surface area contributed by atoms with Gasteiger partial charge in [-0.1, -0.05) is 17.7 Å². The number of rotatable bonds is 5. The number of carbonyl (C=O) groups excluding carboxylic acids is 1.